The highest BCUT2D eigenvalue weighted by Gasteiger charge is 2.30. The molecule has 1 fully saturated rings. The van der Waals surface area contributed by atoms with E-state index in [1.54, 1.807) is 65.3 Å². The van der Waals surface area contributed by atoms with Crippen LogP contribution in [0.15, 0.2) is 85.1 Å². The smallest absolute Gasteiger partial charge is 0.416 e. The molecule has 1 aliphatic rings. The molecule has 2 heterocycles. The summed E-state index contributed by atoms with van der Waals surface area (Å²) in [6.07, 6.45) is -2.36. The van der Waals surface area contributed by atoms with Crippen LogP contribution in [0.2, 0.25) is 0 Å². The molecule has 232 valence electrons. The molecule has 9 nitrogen and oxygen atoms in total. The van der Waals surface area contributed by atoms with Gasteiger partial charge in [-0.05, 0) is 98.6 Å². The first-order valence-electron chi connectivity index (χ1n) is 14.1. The predicted octanol–water partition coefficient (Wildman–Crippen LogP) is 7.47. The summed E-state index contributed by atoms with van der Waals surface area (Å²) in [5.41, 5.74) is 2.13. The third-order valence-corrected chi connectivity index (χ3v) is 7.07. The van der Waals surface area contributed by atoms with Crippen LogP contribution in [0.5, 0.6) is 11.6 Å². The van der Waals surface area contributed by atoms with Crippen LogP contribution < -0.4 is 19.9 Å². The number of nitrogens with zero attached hydrogens (tertiary/aromatic N) is 3. The molecule has 4 aromatic rings. The van der Waals surface area contributed by atoms with E-state index in [2.05, 4.69) is 10.3 Å². The standard InChI is InChI=1S/C33H29F3N4O5/c1-3-44-31(42)23-7-12-26(13-8-23)39-17-4-18-40(32(39)43)27-14-15-28(21(2)19-27)45-29-16-11-25(20-37-29)38-30(41)22-5-9-24(10-6-22)33(34,35)36/h5-16,19-20H,3-4,17-18H2,1-2H3,(H,38,41). The molecule has 0 radical (unpaired) electrons. The molecule has 1 aromatic heterocycles. The Morgan fingerprint density at radius 1 is 0.889 bits per heavy atom. The van der Waals surface area contributed by atoms with Crippen LogP contribution in [0, 0.1) is 6.92 Å². The Kier molecular flexibility index (Phi) is 9.03. The van der Waals surface area contributed by atoms with Gasteiger partial charge in [0.05, 0.1) is 29.6 Å². The van der Waals surface area contributed by atoms with Crippen molar-refractivity contribution in [2.45, 2.75) is 26.4 Å². The number of hydrogen-bond acceptors (Lipinski definition) is 6. The van der Waals surface area contributed by atoms with Gasteiger partial charge in [-0.2, -0.15) is 13.2 Å². The molecule has 1 aliphatic heterocycles. The van der Waals surface area contributed by atoms with Crippen molar-refractivity contribution in [1.82, 2.24) is 4.98 Å². The molecule has 3 amide bonds. The average molecular weight is 619 g/mol. The number of esters is 1. The molecule has 0 aliphatic carbocycles. The molecular formula is C33H29F3N4O5. The number of carbonyl (C=O) groups excluding carboxylic acids is 3. The van der Waals surface area contributed by atoms with Gasteiger partial charge in [-0.15, -0.1) is 0 Å². The Morgan fingerprint density at radius 2 is 1.53 bits per heavy atom. The summed E-state index contributed by atoms with van der Waals surface area (Å²) in [5, 5.41) is 2.59. The van der Waals surface area contributed by atoms with Crippen LogP contribution in [0.25, 0.3) is 0 Å². The van der Waals surface area contributed by atoms with Gasteiger partial charge >= 0.3 is 18.2 Å². The molecule has 0 spiro atoms. The molecule has 12 heteroatoms. The quantitative estimate of drug-likeness (QED) is 0.206. The summed E-state index contributed by atoms with van der Waals surface area (Å²) in [5.74, 6) is -0.221. The number of anilines is 3. The van der Waals surface area contributed by atoms with E-state index in [4.69, 9.17) is 9.47 Å². The number of halogens is 3. The maximum Gasteiger partial charge on any atom is 0.416 e. The minimum atomic E-state index is -4.48. The summed E-state index contributed by atoms with van der Waals surface area (Å²) in [7, 11) is 0. The van der Waals surface area contributed by atoms with Crippen molar-refractivity contribution in [2.75, 3.05) is 34.8 Å². The molecule has 0 bridgehead atoms. The zero-order valence-corrected chi connectivity index (χ0v) is 24.4. The van der Waals surface area contributed by atoms with E-state index in [1.165, 1.54) is 6.20 Å². The van der Waals surface area contributed by atoms with Crippen LogP contribution in [-0.2, 0) is 10.9 Å². The first kappa shape index (κ1) is 31.0. The summed E-state index contributed by atoms with van der Waals surface area (Å²) >= 11 is 0. The topological polar surface area (TPSA) is 101 Å². The monoisotopic (exact) mass is 618 g/mol. The van der Waals surface area contributed by atoms with E-state index in [9.17, 15) is 27.6 Å². The van der Waals surface area contributed by atoms with Gasteiger partial charge in [-0.1, -0.05) is 0 Å². The van der Waals surface area contributed by atoms with Crippen LogP contribution >= 0.6 is 0 Å². The fourth-order valence-electron chi connectivity index (χ4n) is 4.75. The second-order valence-electron chi connectivity index (χ2n) is 10.2. The largest absolute Gasteiger partial charge is 0.462 e. The van der Waals surface area contributed by atoms with Gasteiger partial charge in [0.1, 0.15) is 5.75 Å². The number of carbonyl (C=O) groups is 3. The van der Waals surface area contributed by atoms with E-state index < -0.39 is 23.6 Å². The lowest BCUT2D eigenvalue weighted by Gasteiger charge is -2.36. The predicted molar refractivity (Wildman–Crippen MR) is 162 cm³/mol. The first-order chi connectivity index (χ1) is 21.5. The minimum absolute atomic E-state index is 0.0706. The van der Waals surface area contributed by atoms with E-state index in [-0.39, 0.29) is 24.1 Å². The Balaban J connectivity index is 1.21. The lowest BCUT2D eigenvalue weighted by molar-refractivity contribution is -0.137. The van der Waals surface area contributed by atoms with Crippen molar-refractivity contribution >= 4 is 35.0 Å². The Labute approximate surface area is 257 Å². The highest BCUT2D eigenvalue weighted by Crippen LogP contribution is 2.32. The summed E-state index contributed by atoms with van der Waals surface area (Å²) in [4.78, 5) is 45.4. The van der Waals surface area contributed by atoms with Crippen LogP contribution in [0.3, 0.4) is 0 Å². The molecule has 5 rings (SSSR count). The lowest BCUT2D eigenvalue weighted by Crippen LogP contribution is -2.49. The van der Waals surface area contributed by atoms with Gasteiger partial charge in [0.15, 0.2) is 0 Å². The minimum Gasteiger partial charge on any atom is -0.462 e. The van der Waals surface area contributed by atoms with Gasteiger partial charge in [-0.3, -0.25) is 14.6 Å². The van der Waals surface area contributed by atoms with Gasteiger partial charge < -0.3 is 14.8 Å². The van der Waals surface area contributed by atoms with E-state index >= 15 is 0 Å². The molecule has 0 unspecified atom stereocenters. The third kappa shape index (κ3) is 7.23. The number of hydrogen-bond donors (Lipinski definition) is 1. The number of benzene rings is 3. The number of amides is 3. The maximum absolute atomic E-state index is 13.4. The molecule has 0 saturated carbocycles. The molecular weight excluding hydrogens is 589 g/mol. The summed E-state index contributed by atoms with van der Waals surface area (Å²) < 4.78 is 49.3. The summed E-state index contributed by atoms with van der Waals surface area (Å²) in [6, 6.07) is 19.0. The molecule has 3 aromatic carbocycles. The fourth-order valence-corrected chi connectivity index (χ4v) is 4.75. The SMILES string of the molecule is CCOC(=O)c1ccc(N2CCCN(c3ccc(Oc4ccc(NC(=O)c5ccc(C(F)(F)F)cc5)cn4)c(C)c3)C2=O)cc1. The highest BCUT2D eigenvalue weighted by molar-refractivity contribution is 6.05. The third-order valence-electron chi connectivity index (χ3n) is 7.07. The first-order valence-corrected chi connectivity index (χ1v) is 14.1. The van der Waals surface area contributed by atoms with Gasteiger partial charge in [-0.25, -0.2) is 14.6 Å². The zero-order valence-electron chi connectivity index (χ0n) is 24.4. The number of aryl methyl sites for hydroxylation is 1. The van der Waals surface area contributed by atoms with Gasteiger partial charge in [0.2, 0.25) is 5.88 Å². The molecule has 1 N–H and O–H groups in total. The fraction of sp³-hybridized carbons (Fsp3) is 0.212. The normalized spacial score (nSPS) is 13.4. The summed E-state index contributed by atoms with van der Waals surface area (Å²) in [6.45, 7) is 4.95. The number of ether oxygens (including phenoxy) is 2. The average Bonchev–Trinajstić information content (AvgIpc) is 3.03. The van der Waals surface area contributed by atoms with Crippen molar-refractivity contribution in [1.29, 1.82) is 0 Å². The number of urea groups is 1. The van der Waals surface area contributed by atoms with Crippen molar-refractivity contribution in [3.8, 4) is 11.6 Å². The Hall–Kier alpha value is -5.39. The van der Waals surface area contributed by atoms with Crippen LogP contribution in [0.4, 0.5) is 35.0 Å². The Bertz CT molecular complexity index is 1690. The molecule has 1 saturated heterocycles. The van der Waals surface area contributed by atoms with E-state index in [0.717, 1.165) is 36.2 Å². The van der Waals surface area contributed by atoms with Crippen molar-refractivity contribution in [3.63, 3.8) is 0 Å². The number of alkyl halides is 3. The van der Waals surface area contributed by atoms with Crippen molar-refractivity contribution in [2.24, 2.45) is 0 Å². The second-order valence-corrected chi connectivity index (χ2v) is 10.2. The van der Waals surface area contributed by atoms with E-state index in [1.807, 2.05) is 13.0 Å². The molecule has 45 heavy (non-hydrogen) atoms. The van der Waals surface area contributed by atoms with Crippen LogP contribution in [0.1, 0.15) is 45.2 Å². The number of aromatic nitrogens is 1. The van der Waals surface area contributed by atoms with Gasteiger partial charge in [0.25, 0.3) is 5.91 Å². The maximum atomic E-state index is 13.4. The Morgan fingerprint density at radius 3 is 2.13 bits per heavy atom. The second kappa shape index (κ2) is 13.1. The van der Waals surface area contributed by atoms with Gasteiger partial charge in [0, 0.05) is 36.1 Å². The zero-order chi connectivity index (χ0) is 32.1. The number of pyridine rings is 1. The highest BCUT2D eigenvalue weighted by atomic mass is 19.4. The molecule has 0 atom stereocenters. The van der Waals surface area contributed by atoms with Crippen LogP contribution in [-0.4, -0.2) is 42.6 Å². The number of rotatable bonds is 8. The number of nitrogens with one attached hydrogen (secondary N) is 1. The lowest BCUT2D eigenvalue weighted by atomic mass is 10.1. The van der Waals surface area contributed by atoms with Crippen molar-refractivity contribution in [3.05, 3.63) is 107 Å². The van der Waals surface area contributed by atoms with Crippen molar-refractivity contribution < 1.29 is 37.0 Å². The van der Waals surface area contributed by atoms with E-state index in [0.29, 0.717) is 41.5 Å².